The number of anilines is 1. The molecule has 0 bridgehead atoms. The summed E-state index contributed by atoms with van der Waals surface area (Å²) in [5.41, 5.74) is 5.43. The molecule has 0 fully saturated rings. The Morgan fingerprint density at radius 3 is 2.39 bits per heavy atom. The number of carbonyl (C=O) groups excluding carboxylic acids is 2. The number of hydrazone groups is 1. The predicted molar refractivity (Wildman–Crippen MR) is 142 cm³/mol. The molecule has 2 amide bonds. The standard InChI is InChI=1S/C28H25FN4O2S/c1-17-7-11-19(12-8-17)23-15-24(20-13-9-18(2)10-14-20)33(32-23)28-31-27(35)25(36-28)16-26(34)30-22-6-4-3-5-21(22)29/h3-14,24-25H,15-16H2,1-2H3,(H,30,34)/t24-,25+/m1/s1. The topological polar surface area (TPSA) is 74.1 Å². The highest BCUT2D eigenvalue weighted by Crippen LogP contribution is 2.38. The molecule has 36 heavy (non-hydrogen) atoms. The third kappa shape index (κ3) is 5.09. The van der Waals surface area contributed by atoms with Crippen molar-refractivity contribution >= 4 is 40.1 Å². The normalized spacial score (nSPS) is 19.3. The van der Waals surface area contributed by atoms with E-state index < -0.39 is 17.0 Å². The van der Waals surface area contributed by atoms with Crippen LogP contribution >= 0.6 is 11.8 Å². The number of aryl methyl sites for hydroxylation is 2. The first-order chi connectivity index (χ1) is 17.4. The Labute approximate surface area is 213 Å². The average molecular weight is 501 g/mol. The molecule has 0 aliphatic carbocycles. The molecule has 182 valence electrons. The fourth-order valence-corrected chi connectivity index (χ4v) is 5.25. The number of carbonyl (C=O) groups is 2. The van der Waals surface area contributed by atoms with Crippen LogP contribution in [0.3, 0.4) is 0 Å². The third-order valence-electron chi connectivity index (χ3n) is 6.20. The van der Waals surface area contributed by atoms with Gasteiger partial charge in [0.1, 0.15) is 11.1 Å². The molecular formula is C28H25FN4O2S. The fraction of sp³-hybridized carbons (Fsp3) is 0.214. The van der Waals surface area contributed by atoms with Gasteiger partial charge in [0.05, 0.1) is 17.4 Å². The summed E-state index contributed by atoms with van der Waals surface area (Å²) in [7, 11) is 0. The molecular weight excluding hydrogens is 475 g/mol. The van der Waals surface area contributed by atoms with Crippen LogP contribution in [0, 0.1) is 19.7 Å². The van der Waals surface area contributed by atoms with E-state index in [-0.39, 0.29) is 24.1 Å². The summed E-state index contributed by atoms with van der Waals surface area (Å²) in [6.07, 6.45) is 0.556. The molecule has 2 aliphatic rings. The summed E-state index contributed by atoms with van der Waals surface area (Å²) in [6, 6.07) is 22.3. The molecule has 0 unspecified atom stereocenters. The lowest BCUT2D eigenvalue weighted by Gasteiger charge is -2.23. The molecule has 0 radical (unpaired) electrons. The van der Waals surface area contributed by atoms with Crippen molar-refractivity contribution in [3.63, 3.8) is 0 Å². The van der Waals surface area contributed by atoms with Crippen LogP contribution in [0.25, 0.3) is 0 Å². The molecule has 0 saturated carbocycles. The molecule has 6 nitrogen and oxygen atoms in total. The number of hydrogen-bond acceptors (Lipinski definition) is 5. The van der Waals surface area contributed by atoms with Gasteiger partial charge in [-0.05, 0) is 37.1 Å². The predicted octanol–water partition coefficient (Wildman–Crippen LogP) is 5.62. The summed E-state index contributed by atoms with van der Waals surface area (Å²) in [5.74, 6) is -1.35. The van der Waals surface area contributed by atoms with E-state index in [1.54, 1.807) is 17.1 Å². The Hall–Kier alpha value is -3.78. The number of aliphatic imine (C=N–C) groups is 1. The first-order valence-electron chi connectivity index (χ1n) is 11.7. The van der Waals surface area contributed by atoms with Crippen LogP contribution in [-0.4, -0.2) is 33.0 Å². The maximum Gasteiger partial charge on any atom is 0.262 e. The van der Waals surface area contributed by atoms with E-state index in [2.05, 4.69) is 58.8 Å². The number of thioether (sulfide) groups is 1. The second kappa shape index (κ2) is 10.1. The molecule has 3 aromatic carbocycles. The zero-order valence-corrected chi connectivity index (χ0v) is 20.8. The molecule has 1 N–H and O–H groups in total. The van der Waals surface area contributed by atoms with E-state index in [9.17, 15) is 14.0 Å². The summed E-state index contributed by atoms with van der Waals surface area (Å²) >= 11 is 1.23. The number of benzene rings is 3. The molecule has 2 atom stereocenters. The van der Waals surface area contributed by atoms with Gasteiger partial charge in [-0.1, -0.05) is 83.6 Å². The van der Waals surface area contributed by atoms with Crippen molar-refractivity contribution in [2.24, 2.45) is 10.1 Å². The number of para-hydroxylation sites is 1. The van der Waals surface area contributed by atoms with Crippen molar-refractivity contribution in [3.8, 4) is 0 Å². The number of amidine groups is 1. The Bertz CT molecular complexity index is 1370. The minimum absolute atomic E-state index is 0.0883. The second-order valence-electron chi connectivity index (χ2n) is 8.96. The van der Waals surface area contributed by atoms with E-state index in [4.69, 9.17) is 5.10 Å². The second-order valence-corrected chi connectivity index (χ2v) is 10.1. The number of amides is 2. The molecule has 3 aromatic rings. The molecule has 8 heteroatoms. The van der Waals surface area contributed by atoms with Crippen molar-refractivity contribution in [1.82, 2.24) is 5.01 Å². The lowest BCUT2D eigenvalue weighted by Crippen LogP contribution is -2.25. The van der Waals surface area contributed by atoms with Crippen molar-refractivity contribution in [3.05, 3.63) is 101 Å². The van der Waals surface area contributed by atoms with Gasteiger partial charge in [-0.15, -0.1) is 0 Å². The smallest absolute Gasteiger partial charge is 0.262 e. The van der Waals surface area contributed by atoms with Gasteiger partial charge in [-0.25, -0.2) is 9.40 Å². The Morgan fingerprint density at radius 2 is 1.69 bits per heavy atom. The average Bonchev–Trinajstić information content (AvgIpc) is 3.45. The van der Waals surface area contributed by atoms with Gasteiger partial charge in [-0.2, -0.15) is 10.1 Å². The van der Waals surface area contributed by atoms with Crippen molar-refractivity contribution in [2.75, 3.05) is 5.32 Å². The van der Waals surface area contributed by atoms with Gasteiger partial charge in [0.2, 0.25) is 5.91 Å². The summed E-state index contributed by atoms with van der Waals surface area (Å²) in [5, 5.41) is 9.00. The first-order valence-corrected chi connectivity index (χ1v) is 12.6. The van der Waals surface area contributed by atoms with E-state index in [0.29, 0.717) is 11.6 Å². The van der Waals surface area contributed by atoms with Gasteiger partial charge < -0.3 is 5.32 Å². The van der Waals surface area contributed by atoms with E-state index in [1.165, 1.54) is 29.5 Å². The minimum Gasteiger partial charge on any atom is -0.324 e. The van der Waals surface area contributed by atoms with Crippen molar-refractivity contribution < 1.29 is 14.0 Å². The Kier molecular flexibility index (Phi) is 6.69. The highest BCUT2D eigenvalue weighted by atomic mass is 32.2. The summed E-state index contributed by atoms with van der Waals surface area (Å²) in [4.78, 5) is 29.5. The number of nitrogens with zero attached hydrogens (tertiary/aromatic N) is 3. The molecule has 2 heterocycles. The fourth-order valence-electron chi connectivity index (χ4n) is 4.19. The van der Waals surface area contributed by atoms with Crippen LogP contribution in [0.5, 0.6) is 0 Å². The quantitative estimate of drug-likeness (QED) is 0.493. The van der Waals surface area contributed by atoms with Gasteiger partial charge in [0.25, 0.3) is 5.91 Å². The zero-order chi connectivity index (χ0) is 25.2. The number of hydrogen-bond donors (Lipinski definition) is 1. The molecule has 0 aromatic heterocycles. The van der Waals surface area contributed by atoms with Crippen LogP contribution in [0.15, 0.2) is 82.9 Å². The van der Waals surface area contributed by atoms with Gasteiger partial charge >= 0.3 is 0 Å². The maximum absolute atomic E-state index is 13.9. The van der Waals surface area contributed by atoms with E-state index in [1.807, 2.05) is 13.8 Å². The van der Waals surface area contributed by atoms with Crippen LogP contribution in [0.4, 0.5) is 10.1 Å². The number of rotatable bonds is 5. The van der Waals surface area contributed by atoms with Crippen molar-refractivity contribution in [2.45, 2.75) is 38.0 Å². The van der Waals surface area contributed by atoms with E-state index >= 15 is 0 Å². The lowest BCUT2D eigenvalue weighted by atomic mass is 9.97. The molecule has 2 aliphatic heterocycles. The van der Waals surface area contributed by atoms with Crippen LogP contribution in [0.2, 0.25) is 0 Å². The van der Waals surface area contributed by atoms with E-state index in [0.717, 1.165) is 22.4 Å². The Morgan fingerprint density at radius 1 is 1.03 bits per heavy atom. The number of halogens is 1. The highest BCUT2D eigenvalue weighted by molar-refractivity contribution is 8.15. The summed E-state index contributed by atoms with van der Waals surface area (Å²) < 4.78 is 13.9. The van der Waals surface area contributed by atoms with Gasteiger partial charge in [-0.3, -0.25) is 9.59 Å². The SMILES string of the molecule is Cc1ccc(C2=NN(C3=NC(=O)[C@H](CC(=O)Nc4ccccc4F)S3)[C@@H](c3ccc(C)cc3)C2)cc1. The lowest BCUT2D eigenvalue weighted by molar-refractivity contribution is -0.121. The number of nitrogens with one attached hydrogen (secondary N) is 1. The first kappa shape index (κ1) is 23.9. The van der Waals surface area contributed by atoms with Crippen LogP contribution in [0.1, 0.15) is 41.1 Å². The highest BCUT2D eigenvalue weighted by Gasteiger charge is 2.39. The minimum atomic E-state index is -0.691. The van der Waals surface area contributed by atoms with Crippen LogP contribution < -0.4 is 5.32 Å². The zero-order valence-electron chi connectivity index (χ0n) is 19.9. The monoisotopic (exact) mass is 500 g/mol. The molecule has 0 spiro atoms. The summed E-state index contributed by atoms with van der Waals surface area (Å²) in [6.45, 7) is 4.08. The molecule has 0 saturated heterocycles. The maximum atomic E-state index is 13.9. The van der Waals surface area contributed by atoms with Gasteiger partial charge in [0.15, 0.2) is 5.17 Å². The van der Waals surface area contributed by atoms with Crippen molar-refractivity contribution in [1.29, 1.82) is 0 Å². The van der Waals surface area contributed by atoms with Gasteiger partial charge in [0, 0.05) is 12.8 Å². The van der Waals surface area contributed by atoms with Crippen LogP contribution in [-0.2, 0) is 9.59 Å². The molecule has 5 rings (SSSR count). The largest absolute Gasteiger partial charge is 0.324 e. The Balaban J connectivity index is 1.36. The third-order valence-corrected chi connectivity index (χ3v) is 7.34.